The fraction of sp³-hybridized carbons (Fsp3) is 0.593. The highest BCUT2D eigenvalue weighted by molar-refractivity contribution is 5.94. The molecule has 0 N–H and O–H groups in total. The Labute approximate surface area is 221 Å². The van der Waals surface area contributed by atoms with E-state index in [0.29, 0.717) is 63.5 Å². The number of morpholine rings is 1. The Bertz CT molecular complexity index is 1080. The van der Waals surface area contributed by atoms with Crippen LogP contribution in [-0.2, 0) is 17.5 Å². The number of amides is 2. The van der Waals surface area contributed by atoms with Crippen molar-refractivity contribution in [3.05, 3.63) is 53.3 Å². The molecule has 0 bridgehead atoms. The van der Waals surface area contributed by atoms with Gasteiger partial charge in [0.2, 0.25) is 0 Å². The molecule has 2 heterocycles. The van der Waals surface area contributed by atoms with Crippen LogP contribution >= 0.6 is 0 Å². The first-order chi connectivity index (χ1) is 18.2. The SMILES string of the molecule is CCCN(C[C@@H]1CC[C@H](N(C)Cc2ccc(C(F)(F)F)cc2)C1)C(=O)n1cc(C(=O)N2CCOCC2)cn1. The smallest absolute Gasteiger partial charge is 0.378 e. The highest BCUT2D eigenvalue weighted by Crippen LogP contribution is 2.32. The van der Waals surface area contributed by atoms with E-state index in [4.69, 9.17) is 4.74 Å². The summed E-state index contributed by atoms with van der Waals surface area (Å²) < 4.78 is 45.1. The second-order valence-electron chi connectivity index (χ2n) is 10.2. The van der Waals surface area contributed by atoms with Gasteiger partial charge in [-0.1, -0.05) is 19.1 Å². The quantitative estimate of drug-likeness (QED) is 0.503. The van der Waals surface area contributed by atoms with Gasteiger partial charge >= 0.3 is 12.2 Å². The molecular weight excluding hydrogens is 499 g/mol. The molecular formula is C27H36F3N5O3. The van der Waals surface area contributed by atoms with Gasteiger partial charge in [0.1, 0.15) is 0 Å². The van der Waals surface area contributed by atoms with E-state index < -0.39 is 11.7 Å². The predicted molar refractivity (Wildman–Crippen MR) is 136 cm³/mol. The lowest BCUT2D eigenvalue weighted by molar-refractivity contribution is -0.137. The first-order valence-electron chi connectivity index (χ1n) is 13.2. The highest BCUT2D eigenvalue weighted by atomic mass is 19.4. The van der Waals surface area contributed by atoms with Crippen molar-refractivity contribution in [2.75, 3.05) is 46.4 Å². The van der Waals surface area contributed by atoms with Crippen LogP contribution < -0.4 is 0 Å². The topological polar surface area (TPSA) is 70.9 Å². The number of carbonyl (C=O) groups is 2. The monoisotopic (exact) mass is 535 g/mol. The van der Waals surface area contributed by atoms with E-state index in [1.165, 1.54) is 29.2 Å². The summed E-state index contributed by atoms with van der Waals surface area (Å²) >= 11 is 0. The Morgan fingerprint density at radius 3 is 2.50 bits per heavy atom. The summed E-state index contributed by atoms with van der Waals surface area (Å²) in [6.07, 6.45) is 2.27. The Morgan fingerprint density at radius 1 is 1.13 bits per heavy atom. The number of nitrogens with zero attached hydrogens (tertiary/aromatic N) is 5. The van der Waals surface area contributed by atoms with Gasteiger partial charge in [-0.2, -0.15) is 23.0 Å². The lowest BCUT2D eigenvalue weighted by Crippen LogP contribution is -2.40. The molecule has 0 radical (unpaired) electrons. The van der Waals surface area contributed by atoms with Crippen molar-refractivity contribution < 1.29 is 27.5 Å². The average Bonchev–Trinajstić information content (AvgIpc) is 3.58. The van der Waals surface area contributed by atoms with E-state index >= 15 is 0 Å². The number of aromatic nitrogens is 2. The number of rotatable bonds is 8. The molecule has 8 nitrogen and oxygen atoms in total. The van der Waals surface area contributed by atoms with Crippen LogP contribution in [0.15, 0.2) is 36.7 Å². The standard InChI is InChI=1S/C27H36F3N5O3/c1-3-10-34(26(37)35-19-22(16-31-35)25(36)33-11-13-38-14-12-33)18-21-6-9-24(15-21)32(2)17-20-4-7-23(8-5-20)27(28,29)30/h4-5,7-8,16,19,21,24H,3,6,9-15,17-18H2,1-2H3/t21-,24+/m1/s1. The Balaban J connectivity index is 1.32. The van der Waals surface area contributed by atoms with Crippen molar-refractivity contribution in [1.82, 2.24) is 24.5 Å². The zero-order chi connectivity index (χ0) is 27.3. The number of benzene rings is 1. The van der Waals surface area contributed by atoms with Crippen LogP contribution in [0.5, 0.6) is 0 Å². The molecule has 4 rings (SSSR count). The molecule has 38 heavy (non-hydrogen) atoms. The molecule has 2 fully saturated rings. The normalized spacial score (nSPS) is 20.2. The number of halogens is 3. The third kappa shape index (κ3) is 6.93. The van der Waals surface area contributed by atoms with Crippen LogP contribution in [0.25, 0.3) is 0 Å². The molecule has 2 aliphatic rings. The highest BCUT2D eigenvalue weighted by Gasteiger charge is 2.32. The summed E-state index contributed by atoms with van der Waals surface area (Å²) in [6, 6.07) is 5.39. The predicted octanol–water partition coefficient (Wildman–Crippen LogP) is 4.36. The molecule has 11 heteroatoms. The molecule has 1 aromatic heterocycles. The van der Waals surface area contributed by atoms with Crippen molar-refractivity contribution in [3.63, 3.8) is 0 Å². The van der Waals surface area contributed by atoms with E-state index in [1.54, 1.807) is 9.80 Å². The van der Waals surface area contributed by atoms with E-state index in [0.717, 1.165) is 43.4 Å². The maximum Gasteiger partial charge on any atom is 0.416 e. The number of carbonyl (C=O) groups excluding carboxylic acids is 2. The first-order valence-corrected chi connectivity index (χ1v) is 13.2. The van der Waals surface area contributed by atoms with Gasteiger partial charge in [0.25, 0.3) is 5.91 Å². The summed E-state index contributed by atoms with van der Waals surface area (Å²) in [6.45, 7) is 5.84. The maximum atomic E-state index is 13.3. The third-order valence-electron chi connectivity index (χ3n) is 7.42. The van der Waals surface area contributed by atoms with Gasteiger partial charge in [-0.05, 0) is 56.3 Å². The Morgan fingerprint density at radius 2 is 1.84 bits per heavy atom. The molecule has 208 valence electrons. The first kappa shape index (κ1) is 28.1. The molecule has 1 aromatic carbocycles. The Hall–Kier alpha value is -2.92. The van der Waals surface area contributed by atoms with E-state index in [1.807, 2.05) is 14.0 Å². The van der Waals surface area contributed by atoms with E-state index in [9.17, 15) is 22.8 Å². The van der Waals surface area contributed by atoms with E-state index in [-0.39, 0.29) is 11.9 Å². The van der Waals surface area contributed by atoms with Gasteiger partial charge in [0.15, 0.2) is 0 Å². The van der Waals surface area contributed by atoms with Gasteiger partial charge in [0, 0.05) is 45.0 Å². The molecule has 1 saturated heterocycles. The maximum absolute atomic E-state index is 13.3. The van der Waals surface area contributed by atoms with Gasteiger partial charge in [-0.15, -0.1) is 0 Å². The number of hydrogen-bond acceptors (Lipinski definition) is 5. The molecule has 2 atom stereocenters. The van der Waals surface area contributed by atoms with Crippen molar-refractivity contribution in [2.24, 2.45) is 5.92 Å². The van der Waals surface area contributed by atoms with Crippen LogP contribution in [-0.4, -0.2) is 88.9 Å². The van der Waals surface area contributed by atoms with Crippen LogP contribution in [0.3, 0.4) is 0 Å². The third-order valence-corrected chi connectivity index (χ3v) is 7.42. The van der Waals surface area contributed by atoms with Gasteiger partial charge in [-0.25, -0.2) is 4.79 Å². The molecule has 1 saturated carbocycles. The Kier molecular flexibility index (Phi) is 9.09. The van der Waals surface area contributed by atoms with Gasteiger partial charge < -0.3 is 14.5 Å². The second-order valence-corrected chi connectivity index (χ2v) is 10.2. The summed E-state index contributed by atoms with van der Waals surface area (Å²) in [5.41, 5.74) is 0.593. The summed E-state index contributed by atoms with van der Waals surface area (Å²) in [4.78, 5) is 31.7. The molecule has 2 aromatic rings. The van der Waals surface area contributed by atoms with Crippen LogP contribution in [0.4, 0.5) is 18.0 Å². The zero-order valence-corrected chi connectivity index (χ0v) is 22.0. The minimum atomic E-state index is -4.33. The number of alkyl halides is 3. The fourth-order valence-corrected chi connectivity index (χ4v) is 5.31. The lowest BCUT2D eigenvalue weighted by Gasteiger charge is -2.27. The molecule has 0 unspecified atom stereocenters. The van der Waals surface area contributed by atoms with Gasteiger partial charge in [-0.3, -0.25) is 9.69 Å². The zero-order valence-electron chi connectivity index (χ0n) is 22.0. The van der Waals surface area contributed by atoms with Crippen LogP contribution in [0.2, 0.25) is 0 Å². The van der Waals surface area contributed by atoms with Crippen molar-refractivity contribution in [2.45, 2.75) is 51.4 Å². The number of hydrogen-bond donors (Lipinski definition) is 0. The van der Waals surface area contributed by atoms with Gasteiger partial charge in [0.05, 0.1) is 30.5 Å². The molecule has 0 spiro atoms. The summed E-state index contributed by atoms with van der Waals surface area (Å²) in [5, 5.41) is 4.19. The lowest BCUT2D eigenvalue weighted by atomic mass is 10.1. The minimum absolute atomic E-state index is 0.149. The second kappa shape index (κ2) is 12.3. The molecule has 2 amide bonds. The fourth-order valence-electron chi connectivity index (χ4n) is 5.31. The van der Waals surface area contributed by atoms with Crippen LogP contribution in [0.1, 0.15) is 54.1 Å². The van der Waals surface area contributed by atoms with Crippen molar-refractivity contribution in [1.29, 1.82) is 0 Å². The van der Waals surface area contributed by atoms with Crippen LogP contribution in [0, 0.1) is 5.92 Å². The minimum Gasteiger partial charge on any atom is -0.378 e. The molecule has 1 aliphatic carbocycles. The summed E-state index contributed by atoms with van der Waals surface area (Å²) in [7, 11) is 2.00. The average molecular weight is 536 g/mol. The largest absolute Gasteiger partial charge is 0.416 e. The molecule has 1 aliphatic heterocycles. The van der Waals surface area contributed by atoms with Crippen molar-refractivity contribution in [3.8, 4) is 0 Å². The van der Waals surface area contributed by atoms with Crippen molar-refractivity contribution >= 4 is 11.9 Å². The summed E-state index contributed by atoms with van der Waals surface area (Å²) in [5.74, 6) is 0.166. The number of ether oxygens (including phenoxy) is 1. The van der Waals surface area contributed by atoms with E-state index in [2.05, 4.69) is 10.00 Å².